The molecule has 0 N–H and O–H groups in total. The standard InChI is InChI=1S/C10H6BrF5O2/c11-3-1-2-4(17)18-10-8(15)6(13)5(12)7(14)9(10)16/h1-3H2. The van der Waals surface area contributed by atoms with Gasteiger partial charge in [0.25, 0.3) is 0 Å². The summed E-state index contributed by atoms with van der Waals surface area (Å²) >= 11 is 3.00. The third-order valence-corrected chi connectivity index (χ3v) is 2.46. The predicted molar refractivity (Wildman–Crippen MR) is 54.9 cm³/mol. The zero-order valence-corrected chi connectivity index (χ0v) is 10.3. The Bertz CT molecular complexity index is 449. The third kappa shape index (κ3) is 2.98. The van der Waals surface area contributed by atoms with Crippen LogP contribution < -0.4 is 4.74 Å². The maximum atomic E-state index is 13.1. The van der Waals surface area contributed by atoms with E-state index in [1.807, 2.05) is 0 Å². The molecule has 0 bridgehead atoms. The smallest absolute Gasteiger partial charge is 0.311 e. The van der Waals surface area contributed by atoms with Crippen molar-refractivity contribution in [3.05, 3.63) is 29.1 Å². The van der Waals surface area contributed by atoms with Gasteiger partial charge in [-0.2, -0.15) is 8.78 Å². The summed E-state index contributed by atoms with van der Waals surface area (Å²) in [5, 5.41) is 0.430. The lowest BCUT2D eigenvalue weighted by molar-refractivity contribution is -0.134. The molecule has 0 saturated heterocycles. The Morgan fingerprint density at radius 3 is 1.83 bits per heavy atom. The molecule has 0 unspecified atom stereocenters. The maximum absolute atomic E-state index is 13.1. The molecule has 8 heteroatoms. The monoisotopic (exact) mass is 332 g/mol. The van der Waals surface area contributed by atoms with E-state index in [4.69, 9.17) is 0 Å². The first kappa shape index (κ1) is 14.9. The molecule has 1 aromatic rings. The van der Waals surface area contributed by atoms with Crippen LogP contribution in [-0.2, 0) is 4.79 Å². The van der Waals surface area contributed by atoms with Gasteiger partial charge in [-0.05, 0) is 6.42 Å². The fourth-order valence-corrected chi connectivity index (χ4v) is 1.33. The molecule has 100 valence electrons. The molecule has 0 fully saturated rings. The Morgan fingerprint density at radius 2 is 1.39 bits per heavy atom. The van der Waals surface area contributed by atoms with Gasteiger partial charge < -0.3 is 4.74 Å². The minimum atomic E-state index is -2.30. The first-order chi connectivity index (χ1) is 8.40. The van der Waals surface area contributed by atoms with Gasteiger partial charge in [-0.3, -0.25) is 4.79 Å². The van der Waals surface area contributed by atoms with Gasteiger partial charge in [-0.1, -0.05) is 15.9 Å². The zero-order chi connectivity index (χ0) is 13.9. The number of benzene rings is 1. The molecule has 0 atom stereocenters. The second-order valence-electron chi connectivity index (χ2n) is 3.17. The largest absolute Gasteiger partial charge is 0.420 e. The zero-order valence-electron chi connectivity index (χ0n) is 8.71. The van der Waals surface area contributed by atoms with Crippen LogP contribution in [0.1, 0.15) is 12.8 Å². The quantitative estimate of drug-likeness (QED) is 0.211. The van der Waals surface area contributed by atoms with Gasteiger partial charge in [0.15, 0.2) is 0 Å². The topological polar surface area (TPSA) is 26.3 Å². The van der Waals surface area contributed by atoms with Crippen molar-refractivity contribution >= 4 is 21.9 Å². The Morgan fingerprint density at radius 1 is 0.944 bits per heavy atom. The molecule has 0 aromatic heterocycles. The molecule has 18 heavy (non-hydrogen) atoms. The highest BCUT2D eigenvalue weighted by Gasteiger charge is 2.28. The lowest BCUT2D eigenvalue weighted by atomic mass is 10.2. The molecule has 0 amide bonds. The number of halogens is 6. The van der Waals surface area contributed by atoms with E-state index in [0.29, 0.717) is 11.8 Å². The molecular weight excluding hydrogens is 327 g/mol. The lowest BCUT2D eigenvalue weighted by Crippen LogP contribution is -2.13. The summed E-state index contributed by atoms with van der Waals surface area (Å²) in [5.41, 5.74) is 0. The van der Waals surface area contributed by atoms with Gasteiger partial charge in [-0.15, -0.1) is 0 Å². The number of alkyl halides is 1. The number of carbonyl (C=O) groups excluding carboxylic acids is 1. The number of hydrogen-bond donors (Lipinski definition) is 0. The molecule has 0 spiro atoms. The van der Waals surface area contributed by atoms with E-state index >= 15 is 0 Å². The van der Waals surface area contributed by atoms with Crippen LogP contribution in [0.5, 0.6) is 5.75 Å². The average Bonchev–Trinajstić information content (AvgIpc) is 2.36. The van der Waals surface area contributed by atoms with Crippen molar-refractivity contribution in [1.82, 2.24) is 0 Å². The molecule has 0 aliphatic rings. The van der Waals surface area contributed by atoms with Crippen LogP contribution in [0.3, 0.4) is 0 Å². The van der Waals surface area contributed by atoms with E-state index in [1.54, 1.807) is 0 Å². The van der Waals surface area contributed by atoms with Gasteiger partial charge in [0, 0.05) is 11.8 Å². The summed E-state index contributed by atoms with van der Waals surface area (Å²) in [4.78, 5) is 11.1. The fraction of sp³-hybridized carbons (Fsp3) is 0.300. The molecule has 0 aliphatic heterocycles. The highest BCUT2D eigenvalue weighted by molar-refractivity contribution is 9.09. The summed E-state index contributed by atoms with van der Waals surface area (Å²) in [6.45, 7) is 0. The average molecular weight is 333 g/mol. The van der Waals surface area contributed by atoms with Crippen LogP contribution in [0.25, 0.3) is 0 Å². The van der Waals surface area contributed by atoms with Gasteiger partial charge in [0.1, 0.15) is 0 Å². The Balaban J connectivity index is 3.06. The number of ether oxygens (including phenoxy) is 1. The van der Waals surface area contributed by atoms with Gasteiger partial charge in [0.2, 0.25) is 34.8 Å². The second-order valence-corrected chi connectivity index (χ2v) is 3.96. The highest BCUT2D eigenvalue weighted by Crippen LogP contribution is 2.29. The summed E-state index contributed by atoms with van der Waals surface area (Å²) < 4.78 is 68.4. The van der Waals surface area contributed by atoms with Gasteiger partial charge >= 0.3 is 5.97 Å². The van der Waals surface area contributed by atoms with Crippen molar-refractivity contribution in [3.8, 4) is 5.75 Å². The van der Waals surface area contributed by atoms with Crippen molar-refractivity contribution < 1.29 is 31.5 Å². The molecule has 0 heterocycles. The SMILES string of the molecule is O=C(CCCBr)Oc1c(F)c(F)c(F)c(F)c1F. The van der Waals surface area contributed by atoms with Crippen molar-refractivity contribution in [2.45, 2.75) is 12.8 Å². The molecule has 1 rings (SSSR count). The molecule has 0 radical (unpaired) electrons. The lowest BCUT2D eigenvalue weighted by Gasteiger charge is -2.08. The summed E-state index contributed by atoms with van der Waals surface area (Å²) in [6.07, 6.45) is 0.0823. The Labute approximate surface area is 107 Å². The summed E-state index contributed by atoms with van der Waals surface area (Å²) in [7, 11) is 0. The van der Waals surface area contributed by atoms with Crippen molar-refractivity contribution in [2.24, 2.45) is 0 Å². The highest BCUT2D eigenvalue weighted by atomic mass is 79.9. The van der Waals surface area contributed by atoms with Crippen molar-refractivity contribution in [1.29, 1.82) is 0 Å². The van der Waals surface area contributed by atoms with E-state index in [2.05, 4.69) is 20.7 Å². The Kier molecular flexibility index (Phi) is 5.06. The summed E-state index contributed by atoms with van der Waals surface area (Å²) in [5.74, 6) is -13.6. The number of esters is 1. The predicted octanol–water partition coefficient (Wildman–Crippen LogP) is 3.46. The Hall–Kier alpha value is -1.18. The van der Waals surface area contributed by atoms with Crippen LogP contribution in [0.15, 0.2) is 0 Å². The first-order valence-electron chi connectivity index (χ1n) is 4.68. The van der Waals surface area contributed by atoms with E-state index in [1.165, 1.54) is 0 Å². The van der Waals surface area contributed by atoms with E-state index in [-0.39, 0.29) is 6.42 Å². The van der Waals surface area contributed by atoms with E-state index in [9.17, 15) is 26.7 Å². The minimum absolute atomic E-state index is 0.218. The molecule has 1 aromatic carbocycles. The number of rotatable bonds is 4. The van der Waals surface area contributed by atoms with Crippen LogP contribution >= 0.6 is 15.9 Å². The number of carbonyl (C=O) groups is 1. The maximum Gasteiger partial charge on any atom is 0.311 e. The van der Waals surface area contributed by atoms with Gasteiger partial charge in [0.05, 0.1) is 0 Å². The van der Waals surface area contributed by atoms with Crippen LogP contribution in [0.4, 0.5) is 22.0 Å². The van der Waals surface area contributed by atoms with Crippen LogP contribution in [0, 0.1) is 29.1 Å². The minimum Gasteiger partial charge on any atom is -0.420 e. The molecular formula is C10H6BrF5O2. The second kappa shape index (κ2) is 6.12. The van der Waals surface area contributed by atoms with Crippen molar-refractivity contribution in [3.63, 3.8) is 0 Å². The van der Waals surface area contributed by atoms with Crippen molar-refractivity contribution in [2.75, 3.05) is 5.33 Å². The summed E-state index contributed by atoms with van der Waals surface area (Å²) in [6, 6.07) is 0. The van der Waals surface area contributed by atoms with Crippen LogP contribution in [-0.4, -0.2) is 11.3 Å². The first-order valence-corrected chi connectivity index (χ1v) is 5.80. The molecule has 2 nitrogen and oxygen atoms in total. The molecule has 0 aliphatic carbocycles. The van der Waals surface area contributed by atoms with E-state index < -0.39 is 40.8 Å². The van der Waals surface area contributed by atoms with Crippen LogP contribution in [0.2, 0.25) is 0 Å². The normalized spacial score (nSPS) is 10.6. The molecule has 0 saturated carbocycles. The fourth-order valence-electron chi connectivity index (χ4n) is 1.05. The number of hydrogen-bond acceptors (Lipinski definition) is 2. The van der Waals surface area contributed by atoms with Gasteiger partial charge in [-0.25, -0.2) is 13.2 Å². The van der Waals surface area contributed by atoms with E-state index in [0.717, 1.165) is 0 Å². The third-order valence-electron chi connectivity index (χ3n) is 1.90.